The molecule has 0 bridgehead atoms. The van der Waals surface area contributed by atoms with E-state index in [0.717, 1.165) is 5.56 Å². The van der Waals surface area contributed by atoms with Gasteiger partial charge in [0.15, 0.2) is 11.5 Å². The van der Waals surface area contributed by atoms with E-state index < -0.39 is 36.7 Å². The molecule has 0 fully saturated rings. The van der Waals surface area contributed by atoms with Crippen molar-refractivity contribution in [3.8, 4) is 0 Å². The van der Waals surface area contributed by atoms with Crippen molar-refractivity contribution in [2.24, 2.45) is 0 Å². The Kier molecular flexibility index (Phi) is 10.8. The summed E-state index contributed by atoms with van der Waals surface area (Å²) in [5.74, 6) is -2.25. The van der Waals surface area contributed by atoms with Crippen molar-refractivity contribution >= 4 is 34.6 Å². The lowest BCUT2D eigenvalue weighted by Crippen LogP contribution is -2.55. The lowest BCUT2D eigenvalue weighted by Gasteiger charge is -2.23. The lowest BCUT2D eigenvalue weighted by atomic mass is 10.1. The second kappa shape index (κ2) is 12.8. The maximum Gasteiger partial charge on any atom is 0.408 e. The van der Waals surface area contributed by atoms with Crippen molar-refractivity contribution in [2.45, 2.75) is 31.5 Å². The van der Waals surface area contributed by atoms with Gasteiger partial charge in [0.05, 0.1) is 31.1 Å². The van der Waals surface area contributed by atoms with Crippen LogP contribution in [0.5, 0.6) is 0 Å². The molecule has 3 N–H and O–H groups in total. The number of hydrogen-bond donors (Lipinski definition) is 3. The van der Waals surface area contributed by atoms with Gasteiger partial charge in [-0.25, -0.2) is 4.79 Å². The van der Waals surface area contributed by atoms with Gasteiger partial charge < -0.3 is 30.4 Å². The van der Waals surface area contributed by atoms with Gasteiger partial charge in [0.2, 0.25) is 5.91 Å². The summed E-state index contributed by atoms with van der Waals surface area (Å²) in [4.78, 5) is 47.0. The molecule has 0 spiro atoms. The molecule has 2 unspecified atom stereocenters. The minimum atomic E-state index is -1.55. The van der Waals surface area contributed by atoms with Gasteiger partial charge >= 0.3 is 6.09 Å². The molecule has 1 aromatic rings. The predicted molar refractivity (Wildman–Crippen MR) is 106 cm³/mol. The highest BCUT2D eigenvalue weighted by molar-refractivity contribution is 7.96. The fourth-order valence-corrected chi connectivity index (χ4v) is 3.11. The minimum Gasteiger partial charge on any atom is -0.548 e. The molecule has 9 nitrogen and oxygen atoms in total. The van der Waals surface area contributed by atoms with E-state index >= 15 is 0 Å². The number of carboxylic acid groups (broad SMARTS) is 1. The molecular formula is C19H26N2O7S. The van der Waals surface area contributed by atoms with E-state index in [1.807, 2.05) is 12.5 Å². The maximum atomic E-state index is 12.2. The summed E-state index contributed by atoms with van der Waals surface area (Å²) in [5.41, 5.74) is 0.733. The van der Waals surface area contributed by atoms with Crippen LogP contribution in [0.15, 0.2) is 30.3 Å². The average Bonchev–Trinajstić information content (AvgIpc) is 2.67. The molecule has 0 saturated heterocycles. The summed E-state index contributed by atoms with van der Waals surface area (Å²) in [6, 6.07) is 6.01. The van der Waals surface area contributed by atoms with Crippen molar-refractivity contribution in [1.29, 1.82) is 0 Å². The van der Waals surface area contributed by atoms with E-state index in [1.165, 1.54) is 0 Å². The lowest BCUT2D eigenvalue weighted by molar-refractivity contribution is -0.308. The first-order valence-electron chi connectivity index (χ1n) is 8.88. The van der Waals surface area contributed by atoms with Crippen LogP contribution in [0, 0.1) is 0 Å². The van der Waals surface area contributed by atoms with E-state index in [-0.39, 0.29) is 36.1 Å². The van der Waals surface area contributed by atoms with Crippen LogP contribution in [0.4, 0.5) is 4.79 Å². The number of aliphatic hydroxyl groups excluding tert-OH is 1. The molecule has 0 aliphatic rings. The van der Waals surface area contributed by atoms with Gasteiger partial charge in [-0.3, -0.25) is 9.59 Å². The van der Waals surface area contributed by atoms with Gasteiger partial charge in [0.25, 0.3) is 0 Å². The van der Waals surface area contributed by atoms with E-state index in [2.05, 4.69) is 10.6 Å². The van der Waals surface area contributed by atoms with Crippen LogP contribution in [-0.4, -0.2) is 65.8 Å². The molecule has 0 radical (unpaired) electrons. The zero-order valence-corrected chi connectivity index (χ0v) is 17.2. The fraction of sp³-hybridized carbons (Fsp3) is 0.474. The molecule has 0 aliphatic heterocycles. The number of amides is 2. The van der Waals surface area contributed by atoms with Crippen molar-refractivity contribution in [1.82, 2.24) is 10.6 Å². The smallest absolute Gasteiger partial charge is 0.408 e. The van der Waals surface area contributed by atoms with Gasteiger partial charge in [-0.2, -0.15) is 0 Å². The number of rotatable bonds is 12. The molecular weight excluding hydrogens is 400 g/mol. The highest BCUT2D eigenvalue weighted by Gasteiger charge is 2.24. The third-order valence-corrected chi connectivity index (χ3v) is 4.67. The standard InChI is InChI=1S/C19H26N2O7S/c1-29(2)12-14(23)8-9-15(18(25)26)20-17(24)16(10-22)21-19(27)28-11-13-6-4-3-5-7-13/h3-7,15-16,22H,8-12H2,1-2H3,(H2-,20,21,24,25,26,27). The van der Waals surface area contributed by atoms with E-state index in [1.54, 1.807) is 30.3 Å². The molecule has 2 atom stereocenters. The molecule has 0 aliphatic carbocycles. The highest BCUT2D eigenvalue weighted by Crippen LogP contribution is 2.03. The number of aliphatic hydroxyl groups is 1. The van der Waals surface area contributed by atoms with Crippen LogP contribution in [0.25, 0.3) is 0 Å². The molecule has 0 saturated carbocycles. The zero-order valence-electron chi connectivity index (χ0n) is 16.4. The molecule has 1 rings (SSSR count). The van der Waals surface area contributed by atoms with E-state index in [4.69, 9.17) is 4.74 Å². The van der Waals surface area contributed by atoms with Crippen LogP contribution < -0.4 is 15.7 Å². The number of carbonyl (C=O) groups is 4. The number of ketones is 1. The Morgan fingerprint density at radius 3 is 2.31 bits per heavy atom. The predicted octanol–water partition coefficient (Wildman–Crippen LogP) is -1.26. The van der Waals surface area contributed by atoms with Crippen molar-refractivity contribution in [3.63, 3.8) is 0 Å². The molecule has 29 heavy (non-hydrogen) atoms. The van der Waals surface area contributed by atoms with Gasteiger partial charge in [0.1, 0.15) is 12.6 Å². The number of ether oxygens (including phenoxy) is 1. The number of nitrogens with one attached hydrogen (secondary N) is 2. The van der Waals surface area contributed by atoms with E-state index in [0.29, 0.717) is 5.75 Å². The molecule has 0 aromatic heterocycles. The van der Waals surface area contributed by atoms with Crippen LogP contribution in [0.3, 0.4) is 0 Å². The SMILES string of the molecule is C[S+](C)CC(=O)CCC(NC(=O)C(CO)NC(=O)OCc1ccccc1)C(=O)[O-]. The summed E-state index contributed by atoms with van der Waals surface area (Å²) >= 11 is 0. The maximum absolute atomic E-state index is 12.2. The van der Waals surface area contributed by atoms with Gasteiger partial charge in [0, 0.05) is 6.42 Å². The van der Waals surface area contributed by atoms with E-state index in [9.17, 15) is 29.4 Å². The summed E-state index contributed by atoms with van der Waals surface area (Å²) in [6.45, 7) is -0.799. The fourth-order valence-electron chi connectivity index (χ4n) is 2.32. The van der Waals surface area contributed by atoms with Crippen LogP contribution >= 0.6 is 0 Å². The number of carbonyl (C=O) groups excluding carboxylic acids is 4. The first-order valence-corrected chi connectivity index (χ1v) is 11.1. The molecule has 1 aromatic carbocycles. The molecule has 2 amide bonds. The Morgan fingerprint density at radius 2 is 1.76 bits per heavy atom. The van der Waals surface area contributed by atoms with Crippen molar-refractivity contribution in [3.05, 3.63) is 35.9 Å². The third-order valence-electron chi connectivity index (χ3n) is 3.77. The van der Waals surface area contributed by atoms with Gasteiger partial charge in [-0.1, -0.05) is 30.3 Å². The Balaban J connectivity index is 2.54. The van der Waals surface area contributed by atoms with Crippen LogP contribution in [-0.2, 0) is 36.6 Å². The largest absolute Gasteiger partial charge is 0.548 e. The molecule has 160 valence electrons. The Bertz CT molecular complexity index is 697. The monoisotopic (exact) mass is 426 g/mol. The quantitative estimate of drug-likeness (QED) is 0.354. The Labute approximate surface area is 172 Å². The normalized spacial score (nSPS) is 12.7. The second-order valence-electron chi connectivity index (χ2n) is 6.53. The Hall–Kier alpha value is -2.59. The van der Waals surface area contributed by atoms with Gasteiger partial charge in [-0.15, -0.1) is 0 Å². The third kappa shape index (κ3) is 9.95. The summed E-state index contributed by atoms with van der Waals surface area (Å²) < 4.78 is 4.97. The summed E-state index contributed by atoms with van der Waals surface area (Å²) in [5, 5.41) is 24.9. The molecule has 0 heterocycles. The second-order valence-corrected chi connectivity index (χ2v) is 8.79. The number of carboxylic acids is 1. The van der Waals surface area contributed by atoms with Gasteiger partial charge in [-0.05, 0) is 22.9 Å². The number of Topliss-reactive ketones (excluding diaryl/α,β-unsaturated/α-hetero) is 1. The Morgan fingerprint density at radius 1 is 1.10 bits per heavy atom. The molecule has 10 heteroatoms. The number of benzene rings is 1. The first-order chi connectivity index (χ1) is 13.7. The average molecular weight is 426 g/mol. The number of alkyl carbamates (subject to hydrolysis) is 1. The topological polar surface area (TPSA) is 145 Å². The minimum absolute atomic E-state index is 0.0273. The van der Waals surface area contributed by atoms with Crippen LogP contribution in [0.2, 0.25) is 0 Å². The van der Waals surface area contributed by atoms with Crippen molar-refractivity contribution in [2.75, 3.05) is 24.9 Å². The summed E-state index contributed by atoms with van der Waals surface area (Å²) in [6.07, 6.45) is 2.68. The number of hydrogen-bond acceptors (Lipinski definition) is 7. The highest BCUT2D eigenvalue weighted by atomic mass is 32.2. The zero-order chi connectivity index (χ0) is 21.8. The summed E-state index contributed by atoms with van der Waals surface area (Å²) in [7, 11) is -0.108. The first kappa shape index (κ1) is 24.4. The van der Waals surface area contributed by atoms with Crippen LogP contribution in [0.1, 0.15) is 18.4 Å². The number of aliphatic carboxylic acids is 1. The van der Waals surface area contributed by atoms with Crippen molar-refractivity contribution < 1.29 is 34.1 Å².